The molecule has 0 bridgehead atoms. The normalized spacial score (nSPS) is 14.7. The Morgan fingerprint density at radius 3 is 2.42 bits per heavy atom. The van der Waals surface area contributed by atoms with Crippen LogP contribution in [0.15, 0.2) is 41.3 Å². The summed E-state index contributed by atoms with van der Waals surface area (Å²) in [5.41, 5.74) is -1.75. The number of rotatable bonds is 6. The van der Waals surface area contributed by atoms with Crippen LogP contribution in [0.5, 0.6) is 0 Å². The molecule has 13 heteroatoms. The Hall–Kier alpha value is -3.19. The van der Waals surface area contributed by atoms with Gasteiger partial charge in [0, 0.05) is 49.3 Å². The molecule has 2 aromatic carbocycles. The molecule has 2 aromatic rings. The zero-order chi connectivity index (χ0) is 24.4. The van der Waals surface area contributed by atoms with Crippen LogP contribution in [0.2, 0.25) is 0 Å². The van der Waals surface area contributed by atoms with Crippen molar-refractivity contribution in [3.63, 3.8) is 0 Å². The fourth-order valence-corrected chi connectivity index (χ4v) is 3.99. The Morgan fingerprint density at radius 1 is 1.18 bits per heavy atom. The number of benzene rings is 2. The highest BCUT2D eigenvalue weighted by molar-refractivity contribution is 7.90. The SMILES string of the molecule is CS(=O)(=O)c1cc(C(=O)NCc2ccc(N3CCOCC3)cc2C(F)(F)F)cc([N+](=O)[O-])c1. The molecule has 1 heterocycles. The first kappa shape index (κ1) is 24.5. The van der Waals surface area contributed by atoms with Crippen molar-refractivity contribution in [3.8, 4) is 0 Å². The Labute approximate surface area is 187 Å². The number of nitrogens with one attached hydrogen (secondary N) is 1. The number of halogens is 3. The summed E-state index contributed by atoms with van der Waals surface area (Å²) in [5, 5.41) is 13.4. The number of sulfone groups is 1. The molecule has 9 nitrogen and oxygen atoms in total. The lowest BCUT2D eigenvalue weighted by Crippen LogP contribution is -2.36. The van der Waals surface area contributed by atoms with Crippen LogP contribution in [-0.2, 0) is 27.3 Å². The van der Waals surface area contributed by atoms with E-state index in [0.717, 1.165) is 30.5 Å². The number of nitro groups is 1. The first-order valence-electron chi connectivity index (χ1n) is 9.67. The van der Waals surface area contributed by atoms with E-state index in [1.165, 1.54) is 12.1 Å². The number of anilines is 1. The lowest BCUT2D eigenvalue weighted by molar-refractivity contribution is -0.385. The van der Waals surface area contributed by atoms with E-state index in [1.807, 2.05) is 0 Å². The second kappa shape index (κ2) is 9.35. The predicted molar refractivity (Wildman–Crippen MR) is 112 cm³/mol. The van der Waals surface area contributed by atoms with Crippen molar-refractivity contribution in [3.05, 3.63) is 63.2 Å². The molecule has 3 rings (SSSR count). The van der Waals surface area contributed by atoms with E-state index in [9.17, 15) is 36.5 Å². The van der Waals surface area contributed by atoms with Crippen molar-refractivity contribution in [2.45, 2.75) is 17.6 Å². The molecule has 1 saturated heterocycles. The molecule has 0 spiro atoms. The number of carbonyl (C=O) groups is 1. The van der Waals surface area contributed by atoms with Gasteiger partial charge in [0.2, 0.25) is 0 Å². The molecule has 1 amide bonds. The Morgan fingerprint density at radius 2 is 1.85 bits per heavy atom. The smallest absolute Gasteiger partial charge is 0.378 e. The maximum absolute atomic E-state index is 13.7. The monoisotopic (exact) mass is 487 g/mol. The van der Waals surface area contributed by atoms with Crippen molar-refractivity contribution >= 4 is 27.1 Å². The van der Waals surface area contributed by atoms with Gasteiger partial charge in [-0.25, -0.2) is 8.42 Å². The Bertz CT molecular complexity index is 1180. The zero-order valence-electron chi connectivity index (χ0n) is 17.4. The molecule has 0 atom stereocenters. The van der Waals surface area contributed by atoms with E-state index in [-0.39, 0.29) is 11.1 Å². The van der Waals surface area contributed by atoms with Gasteiger partial charge >= 0.3 is 6.18 Å². The quantitative estimate of drug-likeness (QED) is 0.492. The topological polar surface area (TPSA) is 119 Å². The zero-order valence-corrected chi connectivity index (χ0v) is 18.2. The van der Waals surface area contributed by atoms with E-state index in [0.29, 0.717) is 32.0 Å². The summed E-state index contributed by atoms with van der Waals surface area (Å²) in [5.74, 6) is -0.950. The van der Waals surface area contributed by atoms with Crippen LogP contribution < -0.4 is 10.2 Å². The standard InChI is InChI=1S/C20H20F3N3O6S/c1-33(30,31)17-9-14(8-16(10-17)26(28)29)19(27)24-12-13-2-3-15(11-18(13)20(21,22)23)25-4-6-32-7-5-25/h2-3,8-11H,4-7,12H2,1H3,(H,24,27). The molecule has 1 aliphatic rings. The minimum Gasteiger partial charge on any atom is -0.378 e. The van der Waals surface area contributed by atoms with Gasteiger partial charge in [-0.15, -0.1) is 0 Å². The maximum Gasteiger partial charge on any atom is 0.416 e. The highest BCUT2D eigenvalue weighted by Crippen LogP contribution is 2.35. The molecule has 0 aromatic heterocycles. The second-order valence-corrected chi connectivity index (χ2v) is 9.38. The first-order valence-corrected chi connectivity index (χ1v) is 11.6. The minimum absolute atomic E-state index is 0.207. The largest absolute Gasteiger partial charge is 0.416 e. The second-order valence-electron chi connectivity index (χ2n) is 7.37. The van der Waals surface area contributed by atoms with Gasteiger partial charge in [-0.1, -0.05) is 6.07 Å². The van der Waals surface area contributed by atoms with Crippen LogP contribution in [0.1, 0.15) is 21.5 Å². The number of morpholine rings is 1. The average Bonchev–Trinajstić information content (AvgIpc) is 2.76. The van der Waals surface area contributed by atoms with Crippen molar-refractivity contribution in [2.75, 3.05) is 37.5 Å². The van der Waals surface area contributed by atoms with E-state index < -0.39 is 49.5 Å². The number of hydrogen-bond donors (Lipinski definition) is 1. The molecule has 0 aliphatic carbocycles. The highest BCUT2D eigenvalue weighted by atomic mass is 32.2. The lowest BCUT2D eigenvalue weighted by atomic mass is 10.0. The van der Waals surface area contributed by atoms with Crippen molar-refractivity contribution in [1.82, 2.24) is 5.32 Å². The molecule has 1 aliphatic heterocycles. The summed E-state index contributed by atoms with van der Waals surface area (Å²) in [6, 6.07) is 6.36. The number of carbonyl (C=O) groups excluding carboxylic acids is 1. The number of nitrogens with zero attached hydrogens (tertiary/aromatic N) is 2. The van der Waals surface area contributed by atoms with Crippen LogP contribution in [0.4, 0.5) is 24.5 Å². The number of alkyl halides is 3. The molecule has 0 radical (unpaired) electrons. The molecule has 33 heavy (non-hydrogen) atoms. The van der Waals surface area contributed by atoms with Gasteiger partial charge < -0.3 is 15.0 Å². The van der Waals surface area contributed by atoms with Crippen molar-refractivity contribution in [2.24, 2.45) is 0 Å². The van der Waals surface area contributed by atoms with Gasteiger partial charge in [-0.3, -0.25) is 14.9 Å². The van der Waals surface area contributed by atoms with Crippen LogP contribution in [0.3, 0.4) is 0 Å². The lowest BCUT2D eigenvalue weighted by Gasteiger charge is -2.29. The Balaban J connectivity index is 1.86. The third kappa shape index (κ3) is 5.99. The average molecular weight is 487 g/mol. The van der Waals surface area contributed by atoms with E-state index in [4.69, 9.17) is 4.74 Å². The summed E-state index contributed by atoms with van der Waals surface area (Å²) in [4.78, 5) is 24.1. The third-order valence-corrected chi connectivity index (χ3v) is 6.10. The highest BCUT2D eigenvalue weighted by Gasteiger charge is 2.34. The number of hydrogen-bond acceptors (Lipinski definition) is 7. The van der Waals surface area contributed by atoms with E-state index in [1.54, 1.807) is 4.90 Å². The van der Waals surface area contributed by atoms with Crippen LogP contribution in [-0.4, -0.2) is 51.8 Å². The molecular formula is C20H20F3N3O6S. The number of amides is 1. The van der Waals surface area contributed by atoms with Crippen LogP contribution in [0.25, 0.3) is 0 Å². The van der Waals surface area contributed by atoms with Crippen LogP contribution in [0, 0.1) is 10.1 Å². The molecule has 1 N–H and O–H groups in total. The molecule has 0 saturated carbocycles. The summed E-state index contributed by atoms with van der Waals surface area (Å²) in [6.07, 6.45) is -3.86. The summed E-state index contributed by atoms with van der Waals surface area (Å²) < 4.78 is 69.8. The predicted octanol–water partition coefficient (Wildman–Crippen LogP) is 2.78. The number of non-ortho nitro benzene ring substituents is 1. The van der Waals surface area contributed by atoms with Gasteiger partial charge in [0.1, 0.15) is 0 Å². The van der Waals surface area contributed by atoms with E-state index >= 15 is 0 Å². The van der Waals surface area contributed by atoms with Gasteiger partial charge in [-0.05, 0) is 23.8 Å². The molecule has 1 fully saturated rings. The molecule has 0 unspecified atom stereocenters. The van der Waals surface area contributed by atoms with Gasteiger partial charge in [0.05, 0.1) is 28.6 Å². The summed E-state index contributed by atoms with van der Waals surface area (Å²) in [7, 11) is -3.87. The first-order chi connectivity index (χ1) is 15.4. The number of nitro benzene ring substituents is 1. The maximum atomic E-state index is 13.7. The fourth-order valence-electron chi connectivity index (χ4n) is 3.31. The third-order valence-electron chi connectivity index (χ3n) is 5.01. The van der Waals surface area contributed by atoms with Gasteiger partial charge in [0.15, 0.2) is 9.84 Å². The Kier molecular flexibility index (Phi) is 6.93. The van der Waals surface area contributed by atoms with Crippen molar-refractivity contribution in [1.29, 1.82) is 0 Å². The molecule has 178 valence electrons. The summed E-state index contributed by atoms with van der Waals surface area (Å²) >= 11 is 0. The number of ether oxygens (including phenoxy) is 1. The van der Waals surface area contributed by atoms with Gasteiger partial charge in [0.25, 0.3) is 11.6 Å². The van der Waals surface area contributed by atoms with Gasteiger partial charge in [-0.2, -0.15) is 13.2 Å². The molecular weight excluding hydrogens is 467 g/mol. The van der Waals surface area contributed by atoms with E-state index in [2.05, 4.69) is 5.32 Å². The van der Waals surface area contributed by atoms with Crippen molar-refractivity contribution < 1.29 is 36.0 Å². The minimum atomic E-state index is -4.68. The summed E-state index contributed by atoms with van der Waals surface area (Å²) in [6.45, 7) is 1.18. The van der Waals surface area contributed by atoms with Crippen LogP contribution >= 0.6 is 0 Å². The fraction of sp³-hybridized carbons (Fsp3) is 0.350.